The molecule has 1 saturated heterocycles. The number of likely N-dealkylation sites (tertiary alicyclic amines) is 1. The van der Waals surface area contributed by atoms with Crippen LogP contribution in [0.15, 0.2) is 42.5 Å². The minimum absolute atomic E-state index is 0.0296. The third kappa shape index (κ3) is 4.34. The molecule has 0 spiro atoms. The number of nitrogens with two attached hydrogens (primary N) is 1. The van der Waals surface area contributed by atoms with E-state index in [0.717, 1.165) is 16.9 Å². The number of hydrogen-bond acceptors (Lipinski definition) is 5. The molecule has 3 rings (SSSR count). The van der Waals surface area contributed by atoms with Gasteiger partial charge in [-0.05, 0) is 36.2 Å². The molecule has 1 atom stereocenters. The standard InChI is InChI=1S/C21H26N2O4/c1-14-6-4-5-7-18(14)27-16-12-23(13-16)21(24)11-17(22)15-8-9-19(25-2)20(10-15)26-3/h4-10,16-17H,11-13,22H2,1-3H3. The molecule has 1 unspecified atom stereocenters. The lowest BCUT2D eigenvalue weighted by atomic mass is 10.0. The Morgan fingerprint density at radius 3 is 2.48 bits per heavy atom. The molecule has 6 heteroatoms. The van der Waals surface area contributed by atoms with E-state index in [1.54, 1.807) is 25.2 Å². The highest BCUT2D eigenvalue weighted by Gasteiger charge is 2.33. The number of para-hydroxylation sites is 1. The lowest BCUT2D eigenvalue weighted by molar-refractivity contribution is -0.140. The van der Waals surface area contributed by atoms with Gasteiger partial charge in [-0.25, -0.2) is 0 Å². The first-order chi connectivity index (χ1) is 13.0. The molecule has 0 radical (unpaired) electrons. The normalized spacial score (nSPS) is 15.0. The second-order valence-electron chi connectivity index (χ2n) is 6.73. The molecule has 0 saturated carbocycles. The van der Waals surface area contributed by atoms with Crippen LogP contribution in [0.4, 0.5) is 0 Å². The van der Waals surface area contributed by atoms with Gasteiger partial charge < -0.3 is 24.8 Å². The zero-order chi connectivity index (χ0) is 19.4. The topological polar surface area (TPSA) is 74.0 Å². The third-order valence-corrected chi connectivity index (χ3v) is 4.82. The van der Waals surface area contributed by atoms with E-state index < -0.39 is 6.04 Å². The van der Waals surface area contributed by atoms with E-state index in [0.29, 0.717) is 24.6 Å². The first-order valence-electron chi connectivity index (χ1n) is 8.99. The molecule has 1 heterocycles. The maximum atomic E-state index is 12.5. The predicted octanol–water partition coefficient (Wildman–Crippen LogP) is 2.69. The highest BCUT2D eigenvalue weighted by Crippen LogP contribution is 2.30. The Kier molecular flexibility index (Phi) is 5.86. The number of nitrogens with zero attached hydrogens (tertiary/aromatic N) is 1. The van der Waals surface area contributed by atoms with Crippen LogP contribution in [0, 0.1) is 6.92 Å². The summed E-state index contributed by atoms with van der Waals surface area (Å²) >= 11 is 0. The summed E-state index contributed by atoms with van der Waals surface area (Å²) in [7, 11) is 3.16. The second-order valence-corrected chi connectivity index (χ2v) is 6.73. The Hall–Kier alpha value is -2.73. The van der Waals surface area contributed by atoms with E-state index in [1.165, 1.54) is 0 Å². The van der Waals surface area contributed by atoms with Crippen LogP contribution in [0.5, 0.6) is 17.2 Å². The van der Waals surface area contributed by atoms with Crippen molar-refractivity contribution in [2.75, 3.05) is 27.3 Å². The first-order valence-corrected chi connectivity index (χ1v) is 8.99. The molecular formula is C21H26N2O4. The summed E-state index contributed by atoms with van der Waals surface area (Å²) in [5.74, 6) is 2.14. The van der Waals surface area contributed by atoms with Crippen LogP contribution in [0.3, 0.4) is 0 Å². The monoisotopic (exact) mass is 370 g/mol. The number of ether oxygens (including phenoxy) is 3. The predicted molar refractivity (Wildman–Crippen MR) is 103 cm³/mol. The molecule has 0 aliphatic carbocycles. The van der Waals surface area contributed by atoms with Crippen LogP contribution in [0.2, 0.25) is 0 Å². The van der Waals surface area contributed by atoms with Crippen LogP contribution in [0.25, 0.3) is 0 Å². The minimum atomic E-state index is -0.395. The van der Waals surface area contributed by atoms with Crippen molar-refractivity contribution in [2.45, 2.75) is 25.5 Å². The Morgan fingerprint density at radius 1 is 1.11 bits per heavy atom. The average molecular weight is 370 g/mol. The Morgan fingerprint density at radius 2 is 1.81 bits per heavy atom. The molecular weight excluding hydrogens is 344 g/mol. The zero-order valence-electron chi connectivity index (χ0n) is 16.0. The van der Waals surface area contributed by atoms with E-state index in [1.807, 2.05) is 43.3 Å². The number of aryl methyl sites for hydroxylation is 1. The largest absolute Gasteiger partial charge is 0.493 e. The number of benzene rings is 2. The van der Waals surface area contributed by atoms with Gasteiger partial charge in [-0.2, -0.15) is 0 Å². The van der Waals surface area contributed by atoms with Gasteiger partial charge in [-0.1, -0.05) is 24.3 Å². The number of methoxy groups -OCH3 is 2. The summed E-state index contributed by atoms with van der Waals surface area (Å²) in [6, 6.07) is 13.0. The van der Waals surface area contributed by atoms with Gasteiger partial charge in [0, 0.05) is 12.5 Å². The molecule has 2 aromatic carbocycles. The van der Waals surface area contributed by atoms with Crippen molar-refractivity contribution in [1.82, 2.24) is 4.90 Å². The lowest BCUT2D eigenvalue weighted by Gasteiger charge is -2.39. The van der Waals surface area contributed by atoms with Crippen molar-refractivity contribution in [3.05, 3.63) is 53.6 Å². The van der Waals surface area contributed by atoms with Crippen molar-refractivity contribution in [1.29, 1.82) is 0 Å². The van der Waals surface area contributed by atoms with Gasteiger partial charge in [-0.15, -0.1) is 0 Å². The van der Waals surface area contributed by atoms with Crippen LogP contribution in [0.1, 0.15) is 23.6 Å². The highest BCUT2D eigenvalue weighted by atomic mass is 16.5. The van der Waals surface area contributed by atoms with E-state index in [-0.39, 0.29) is 18.4 Å². The van der Waals surface area contributed by atoms with Crippen LogP contribution < -0.4 is 19.9 Å². The van der Waals surface area contributed by atoms with Crippen LogP contribution in [-0.2, 0) is 4.79 Å². The maximum absolute atomic E-state index is 12.5. The van der Waals surface area contributed by atoms with Crippen LogP contribution in [-0.4, -0.2) is 44.2 Å². The summed E-state index contributed by atoms with van der Waals surface area (Å²) in [5.41, 5.74) is 8.17. The SMILES string of the molecule is COc1ccc(C(N)CC(=O)N2CC(Oc3ccccc3C)C2)cc1OC. The molecule has 2 N–H and O–H groups in total. The second kappa shape index (κ2) is 8.31. The van der Waals surface area contributed by atoms with Gasteiger partial charge in [0.1, 0.15) is 11.9 Å². The van der Waals surface area contributed by atoms with E-state index in [9.17, 15) is 4.79 Å². The average Bonchev–Trinajstić information content (AvgIpc) is 2.64. The quantitative estimate of drug-likeness (QED) is 0.811. The van der Waals surface area contributed by atoms with E-state index in [4.69, 9.17) is 19.9 Å². The van der Waals surface area contributed by atoms with E-state index >= 15 is 0 Å². The molecule has 6 nitrogen and oxygen atoms in total. The number of carbonyl (C=O) groups is 1. The summed E-state index contributed by atoms with van der Waals surface area (Å²) in [6.45, 7) is 3.19. The van der Waals surface area contributed by atoms with Crippen molar-refractivity contribution in [2.24, 2.45) is 5.73 Å². The van der Waals surface area contributed by atoms with Crippen LogP contribution >= 0.6 is 0 Å². The first kappa shape index (κ1) is 19.0. The van der Waals surface area contributed by atoms with Crippen molar-refractivity contribution in [3.63, 3.8) is 0 Å². The molecule has 27 heavy (non-hydrogen) atoms. The summed E-state index contributed by atoms with van der Waals surface area (Å²) in [4.78, 5) is 14.3. The smallest absolute Gasteiger partial charge is 0.224 e. The van der Waals surface area contributed by atoms with Crippen molar-refractivity contribution >= 4 is 5.91 Å². The molecule has 0 bridgehead atoms. The van der Waals surface area contributed by atoms with E-state index in [2.05, 4.69) is 0 Å². The zero-order valence-corrected chi connectivity index (χ0v) is 16.0. The number of rotatable bonds is 7. The molecule has 0 aromatic heterocycles. The Labute approximate surface area is 159 Å². The molecule has 2 aromatic rings. The Balaban J connectivity index is 1.52. The molecule has 1 aliphatic rings. The number of amides is 1. The Bertz CT molecular complexity index is 803. The molecule has 1 amide bonds. The highest BCUT2D eigenvalue weighted by molar-refractivity contribution is 5.78. The number of hydrogen-bond donors (Lipinski definition) is 1. The van der Waals surface area contributed by atoms with Gasteiger partial charge >= 0.3 is 0 Å². The number of carbonyl (C=O) groups excluding carboxylic acids is 1. The third-order valence-electron chi connectivity index (χ3n) is 4.82. The van der Waals surface area contributed by atoms with Gasteiger partial charge in [0.25, 0.3) is 0 Å². The fraction of sp³-hybridized carbons (Fsp3) is 0.381. The fourth-order valence-corrected chi connectivity index (χ4v) is 3.10. The van der Waals surface area contributed by atoms with Crippen molar-refractivity contribution in [3.8, 4) is 17.2 Å². The molecule has 1 fully saturated rings. The molecule has 1 aliphatic heterocycles. The summed E-state index contributed by atoms with van der Waals surface area (Å²) < 4.78 is 16.5. The fourth-order valence-electron chi connectivity index (χ4n) is 3.10. The van der Waals surface area contributed by atoms with Crippen molar-refractivity contribution < 1.29 is 19.0 Å². The van der Waals surface area contributed by atoms with Gasteiger partial charge in [0.15, 0.2) is 11.5 Å². The van der Waals surface area contributed by atoms with Gasteiger partial charge in [0.2, 0.25) is 5.91 Å². The lowest BCUT2D eigenvalue weighted by Crippen LogP contribution is -2.56. The van der Waals surface area contributed by atoms with Gasteiger partial charge in [-0.3, -0.25) is 4.79 Å². The maximum Gasteiger partial charge on any atom is 0.224 e. The molecule has 144 valence electrons. The minimum Gasteiger partial charge on any atom is -0.493 e. The summed E-state index contributed by atoms with van der Waals surface area (Å²) in [6.07, 6.45) is 0.277. The van der Waals surface area contributed by atoms with Gasteiger partial charge in [0.05, 0.1) is 27.3 Å². The summed E-state index contributed by atoms with van der Waals surface area (Å²) in [5, 5.41) is 0.